The Morgan fingerprint density at radius 3 is 2.71 bits per heavy atom. The predicted octanol–water partition coefficient (Wildman–Crippen LogP) is 5.08. The van der Waals surface area contributed by atoms with Crippen LogP contribution >= 0.6 is 27.5 Å². The lowest BCUT2D eigenvalue weighted by Crippen LogP contribution is -2.30. The number of rotatable bonds is 2. The molecule has 4 heteroatoms. The second-order valence-electron chi connectivity index (χ2n) is 5.19. The number of carbonyl (C=O) groups excluding carboxylic acids is 1. The first-order valence-corrected chi connectivity index (χ1v) is 8.15. The Hall–Kier alpha value is -1.32. The second kappa shape index (κ2) is 6.20. The average Bonchev–Trinajstić information content (AvgIpc) is 2.99. The molecule has 0 bridgehead atoms. The van der Waals surface area contributed by atoms with Gasteiger partial charge in [-0.1, -0.05) is 41.9 Å². The van der Waals surface area contributed by atoms with Crippen LogP contribution in [0.4, 0.5) is 0 Å². The summed E-state index contributed by atoms with van der Waals surface area (Å²) in [4.78, 5) is 14.8. The third kappa shape index (κ3) is 2.99. The van der Waals surface area contributed by atoms with Gasteiger partial charge in [0.25, 0.3) is 5.91 Å². The summed E-state index contributed by atoms with van der Waals surface area (Å²) in [5.41, 5.74) is 1.83. The number of likely N-dealkylation sites (tertiary alicyclic amines) is 1. The molecular formula is C17H15BrClNO. The fourth-order valence-corrected chi connectivity index (χ4v) is 3.44. The van der Waals surface area contributed by atoms with Crippen LogP contribution in [0.25, 0.3) is 0 Å². The molecule has 2 aromatic carbocycles. The van der Waals surface area contributed by atoms with Crippen molar-refractivity contribution in [2.45, 2.75) is 18.9 Å². The molecule has 1 fully saturated rings. The Balaban J connectivity index is 1.92. The van der Waals surface area contributed by atoms with E-state index in [2.05, 4.69) is 28.1 Å². The number of hydrogen-bond donors (Lipinski definition) is 0. The van der Waals surface area contributed by atoms with Gasteiger partial charge in [-0.05, 0) is 52.5 Å². The highest BCUT2D eigenvalue weighted by Gasteiger charge is 2.31. The molecule has 2 aromatic rings. The molecule has 0 radical (unpaired) electrons. The molecule has 21 heavy (non-hydrogen) atoms. The van der Waals surface area contributed by atoms with Crippen molar-refractivity contribution in [1.82, 2.24) is 4.90 Å². The van der Waals surface area contributed by atoms with E-state index in [0.717, 1.165) is 23.9 Å². The summed E-state index contributed by atoms with van der Waals surface area (Å²) in [5.74, 6) is 0.0377. The van der Waals surface area contributed by atoms with Crippen LogP contribution in [0.5, 0.6) is 0 Å². The lowest BCUT2D eigenvalue weighted by atomic mass is 10.0. The molecule has 0 saturated carbocycles. The van der Waals surface area contributed by atoms with E-state index in [9.17, 15) is 4.79 Å². The van der Waals surface area contributed by atoms with Crippen LogP contribution in [0.1, 0.15) is 34.8 Å². The van der Waals surface area contributed by atoms with Crippen molar-refractivity contribution >= 4 is 33.4 Å². The van der Waals surface area contributed by atoms with Gasteiger partial charge in [-0.25, -0.2) is 0 Å². The average molecular weight is 365 g/mol. The molecule has 1 saturated heterocycles. The molecule has 0 aliphatic carbocycles. The van der Waals surface area contributed by atoms with Crippen molar-refractivity contribution in [2.24, 2.45) is 0 Å². The SMILES string of the molecule is O=C(c1cc(Cl)ccc1Br)N1CCCC1c1ccccc1. The van der Waals surface area contributed by atoms with Crippen molar-refractivity contribution in [3.63, 3.8) is 0 Å². The maximum atomic E-state index is 12.8. The molecule has 1 heterocycles. The number of hydrogen-bond acceptors (Lipinski definition) is 1. The van der Waals surface area contributed by atoms with E-state index in [0.29, 0.717) is 10.6 Å². The van der Waals surface area contributed by atoms with E-state index >= 15 is 0 Å². The highest BCUT2D eigenvalue weighted by molar-refractivity contribution is 9.10. The van der Waals surface area contributed by atoms with Crippen LogP contribution < -0.4 is 0 Å². The monoisotopic (exact) mass is 363 g/mol. The van der Waals surface area contributed by atoms with E-state index in [1.807, 2.05) is 29.2 Å². The zero-order chi connectivity index (χ0) is 14.8. The van der Waals surface area contributed by atoms with Crippen LogP contribution in [0.2, 0.25) is 5.02 Å². The van der Waals surface area contributed by atoms with E-state index in [4.69, 9.17) is 11.6 Å². The van der Waals surface area contributed by atoms with Gasteiger partial charge in [-0.2, -0.15) is 0 Å². The Labute approximate surface area is 137 Å². The van der Waals surface area contributed by atoms with Crippen molar-refractivity contribution < 1.29 is 4.79 Å². The van der Waals surface area contributed by atoms with Gasteiger partial charge in [0.15, 0.2) is 0 Å². The van der Waals surface area contributed by atoms with Gasteiger partial charge in [0.2, 0.25) is 0 Å². The fraction of sp³-hybridized carbons (Fsp3) is 0.235. The van der Waals surface area contributed by atoms with Gasteiger partial charge in [-0.15, -0.1) is 0 Å². The molecule has 1 atom stereocenters. The summed E-state index contributed by atoms with van der Waals surface area (Å²) in [5, 5.41) is 0.581. The lowest BCUT2D eigenvalue weighted by Gasteiger charge is -2.25. The van der Waals surface area contributed by atoms with Crippen molar-refractivity contribution in [1.29, 1.82) is 0 Å². The highest BCUT2D eigenvalue weighted by Crippen LogP contribution is 2.34. The van der Waals surface area contributed by atoms with Gasteiger partial charge in [0.1, 0.15) is 0 Å². The van der Waals surface area contributed by atoms with Gasteiger partial charge >= 0.3 is 0 Å². The fourth-order valence-electron chi connectivity index (χ4n) is 2.85. The summed E-state index contributed by atoms with van der Waals surface area (Å²) < 4.78 is 0.788. The smallest absolute Gasteiger partial charge is 0.255 e. The van der Waals surface area contributed by atoms with E-state index in [1.54, 1.807) is 12.1 Å². The molecule has 1 unspecified atom stereocenters. The van der Waals surface area contributed by atoms with Crippen molar-refractivity contribution in [3.8, 4) is 0 Å². The van der Waals surface area contributed by atoms with Crippen molar-refractivity contribution in [2.75, 3.05) is 6.54 Å². The molecule has 2 nitrogen and oxygen atoms in total. The number of halogens is 2. The zero-order valence-corrected chi connectivity index (χ0v) is 13.8. The molecule has 0 aromatic heterocycles. The van der Waals surface area contributed by atoms with Gasteiger partial charge in [0, 0.05) is 16.0 Å². The number of benzene rings is 2. The number of amides is 1. The largest absolute Gasteiger partial charge is 0.332 e. The van der Waals surface area contributed by atoms with Gasteiger partial charge in [-0.3, -0.25) is 4.79 Å². The maximum absolute atomic E-state index is 12.8. The lowest BCUT2D eigenvalue weighted by molar-refractivity contribution is 0.0734. The summed E-state index contributed by atoms with van der Waals surface area (Å²) in [7, 11) is 0. The van der Waals surface area contributed by atoms with Gasteiger partial charge in [0.05, 0.1) is 11.6 Å². The van der Waals surface area contributed by atoms with Crippen LogP contribution in [-0.4, -0.2) is 17.4 Å². The molecule has 108 valence electrons. The number of carbonyl (C=O) groups is 1. The minimum Gasteiger partial charge on any atom is -0.332 e. The summed E-state index contributed by atoms with van der Waals surface area (Å²) >= 11 is 9.48. The first-order valence-electron chi connectivity index (χ1n) is 6.98. The van der Waals surface area contributed by atoms with E-state index < -0.39 is 0 Å². The normalized spacial score (nSPS) is 18.0. The Morgan fingerprint density at radius 2 is 1.95 bits per heavy atom. The minimum atomic E-state index is 0.0377. The standard InChI is InChI=1S/C17H15BrClNO/c18-15-9-8-13(19)11-14(15)17(21)20-10-4-7-16(20)12-5-2-1-3-6-12/h1-3,5-6,8-9,11,16H,4,7,10H2. The third-order valence-electron chi connectivity index (χ3n) is 3.86. The van der Waals surface area contributed by atoms with Crippen molar-refractivity contribution in [3.05, 3.63) is 69.2 Å². The van der Waals surface area contributed by atoms with Gasteiger partial charge < -0.3 is 4.90 Å². The molecule has 1 aliphatic heterocycles. The number of nitrogens with zero attached hydrogens (tertiary/aromatic N) is 1. The zero-order valence-electron chi connectivity index (χ0n) is 11.4. The Kier molecular flexibility index (Phi) is 4.32. The Morgan fingerprint density at radius 1 is 1.19 bits per heavy atom. The molecule has 1 aliphatic rings. The summed E-state index contributed by atoms with van der Waals surface area (Å²) in [6.45, 7) is 0.789. The predicted molar refractivity (Wildman–Crippen MR) is 88.6 cm³/mol. The van der Waals surface area contributed by atoms with Crippen LogP contribution in [0, 0.1) is 0 Å². The topological polar surface area (TPSA) is 20.3 Å². The molecule has 0 spiro atoms. The maximum Gasteiger partial charge on any atom is 0.255 e. The summed E-state index contributed by atoms with van der Waals surface area (Å²) in [6, 6.07) is 15.7. The first-order chi connectivity index (χ1) is 10.2. The summed E-state index contributed by atoms with van der Waals surface area (Å²) in [6.07, 6.45) is 2.04. The Bertz CT molecular complexity index is 659. The van der Waals surface area contributed by atoms with E-state index in [1.165, 1.54) is 5.56 Å². The third-order valence-corrected chi connectivity index (χ3v) is 4.78. The quantitative estimate of drug-likeness (QED) is 0.727. The minimum absolute atomic E-state index is 0.0377. The molecule has 0 N–H and O–H groups in total. The van der Waals surface area contributed by atoms with Crippen LogP contribution in [0.15, 0.2) is 53.0 Å². The van der Waals surface area contributed by atoms with E-state index in [-0.39, 0.29) is 11.9 Å². The van der Waals surface area contributed by atoms with Crippen LogP contribution in [0.3, 0.4) is 0 Å². The van der Waals surface area contributed by atoms with Crippen LogP contribution in [-0.2, 0) is 0 Å². The molecule has 1 amide bonds. The second-order valence-corrected chi connectivity index (χ2v) is 6.48. The highest BCUT2D eigenvalue weighted by atomic mass is 79.9. The first kappa shape index (κ1) is 14.6. The molecule has 3 rings (SSSR count). The molecular weight excluding hydrogens is 350 g/mol.